The molecule has 204 valence electrons. The number of ether oxygens (including phenoxy) is 9. The van der Waals surface area contributed by atoms with E-state index in [0.717, 1.165) is 20.8 Å². The van der Waals surface area contributed by atoms with E-state index >= 15 is 0 Å². The maximum atomic E-state index is 12.0. The summed E-state index contributed by atoms with van der Waals surface area (Å²) in [6.45, 7) is 7.86. The van der Waals surface area contributed by atoms with E-state index < -0.39 is 60.6 Å². The Hall–Kier alpha value is -3.58. The lowest BCUT2D eigenvalue weighted by Crippen LogP contribution is -2.63. The summed E-state index contributed by atoms with van der Waals surface area (Å²) in [4.78, 5) is 47.3. The minimum atomic E-state index is -1.42. The molecule has 3 rings (SSSR count). The van der Waals surface area contributed by atoms with Crippen LogP contribution in [0.25, 0.3) is 0 Å². The van der Waals surface area contributed by atoms with Gasteiger partial charge in [-0.15, -0.1) is 0 Å². The van der Waals surface area contributed by atoms with Crippen LogP contribution in [0.4, 0.5) is 0 Å². The topological polar surface area (TPSA) is 151 Å². The molecule has 0 aliphatic carbocycles. The molecule has 0 saturated carbocycles. The molecule has 2 aliphatic rings. The van der Waals surface area contributed by atoms with Gasteiger partial charge in [0.05, 0.1) is 6.61 Å². The summed E-state index contributed by atoms with van der Waals surface area (Å²) in [5, 5.41) is 0. The molecule has 0 bridgehead atoms. The molecule has 0 amide bonds. The van der Waals surface area contributed by atoms with E-state index in [9.17, 15) is 19.2 Å². The van der Waals surface area contributed by atoms with Crippen LogP contribution >= 0.6 is 0 Å². The molecule has 2 aliphatic heterocycles. The molecule has 13 nitrogen and oxygen atoms in total. The Bertz CT molecular complexity index is 1020. The van der Waals surface area contributed by atoms with Crippen molar-refractivity contribution in [1.82, 2.24) is 0 Å². The first-order chi connectivity index (χ1) is 17.4. The Kier molecular flexibility index (Phi) is 8.81. The van der Waals surface area contributed by atoms with Gasteiger partial charge in [-0.25, -0.2) is 0 Å². The van der Waals surface area contributed by atoms with Gasteiger partial charge >= 0.3 is 29.9 Å². The third-order valence-electron chi connectivity index (χ3n) is 5.12. The highest BCUT2D eigenvalue weighted by atomic mass is 16.9. The van der Waals surface area contributed by atoms with Gasteiger partial charge in [-0.1, -0.05) is 6.07 Å². The van der Waals surface area contributed by atoms with E-state index in [1.165, 1.54) is 6.92 Å². The molecule has 1 fully saturated rings. The first-order valence-electron chi connectivity index (χ1n) is 11.5. The average Bonchev–Trinajstić information content (AvgIpc) is 3.12. The van der Waals surface area contributed by atoms with Crippen LogP contribution < -0.4 is 14.2 Å². The summed E-state index contributed by atoms with van der Waals surface area (Å²) in [5.41, 5.74) is 0. The molecular formula is C24H30O13. The fourth-order valence-corrected chi connectivity index (χ4v) is 3.91. The van der Waals surface area contributed by atoms with E-state index in [1.807, 2.05) is 0 Å². The normalized spacial score (nSPS) is 28.1. The molecule has 0 N–H and O–H groups in total. The number of esters is 4. The van der Waals surface area contributed by atoms with Crippen molar-refractivity contribution in [2.75, 3.05) is 13.2 Å². The van der Waals surface area contributed by atoms with E-state index in [-0.39, 0.29) is 18.1 Å². The standard InChI is InChI=1S/C24H30O13/c1-7-30-24(6)36-17-10-8-9-16(19(17)37-24)34-23-22(33-15(5)28)21(32-14(4)27)20(31-13(3)26)18(35-23)11-29-12(2)25/h8-10,18,20-23H,7,11H2,1-6H3/t18-,20+,21+,22-,23-,24?/m1/s1. The quantitative estimate of drug-likeness (QED) is 0.339. The lowest BCUT2D eigenvalue weighted by Gasteiger charge is -2.43. The summed E-state index contributed by atoms with van der Waals surface area (Å²) in [6.07, 6.45) is -6.64. The van der Waals surface area contributed by atoms with Crippen molar-refractivity contribution in [2.45, 2.75) is 78.2 Å². The van der Waals surface area contributed by atoms with Crippen molar-refractivity contribution in [2.24, 2.45) is 0 Å². The van der Waals surface area contributed by atoms with Gasteiger partial charge < -0.3 is 42.6 Å². The fraction of sp³-hybridized carbons (Fsp3) is 0.583. The van der Waals surface area contributed by atoms with Crippen LogP contribution in [0.1, 0.15) is 41.5 Å². The molecule has 37 heavy (non-hydrogen) atoms. The molecule has 1 unspecified atom stereocenters. The minimum absolute atomic E-state index is 0.127. The zero-order valence-electron chi connectivity index (χ0n) is 21.3. The van der Waals surface area contributed by atoms with Gasteiger partial charge in [-0.2, -0.15) is 0 Å². The second-order valence-corrected chi connectivity index (χ2v) is 8.27. The molecule has 1 saturated heterocycles. The first kappa shape index (κ1) is 28.0. The second-order valence-electron chi connectivity index (χ2n) is 8.27. The lowest BCUT2D eigenvalue weighted by atomic mass is 9.98. The Balaban J connectivity index is 1.99. The lowest BCUT2D eigenvalue weighted by molar-refractivity contribution is -0.289. The van der Waals surface area contributed by atoms with Crippen LogP contribution in [0.15, 0.2) is 18.2 Å². The van der Waals surface area contributed by atoms with Crippen LogP contribution in [-0.4, -0.2) is 73.8 Å². The van der Waals surface area contributed by atoms with Crippen molar-refractivity contribution in [1.29, 1.82) is 0 Å². The zero-order valence-corrected chi connectivity index (χ0v) is 21.3. The molecule has 2 heterocycles. The molecule has 0 aromatic heterocycles. The Labute approximate surface area is 213 Å². The van der Waals surface area contributed by atoms with Crippen LogP contribution in [-0.2, 0) is 47.6 Å². The Morgan fingerprint density at radius 1 is 0.865 bits per heavy atom. The predicted octanol–water partition coefficient (Wildman–Crippen LogP) is 1.63. The molecule has 1 aromatic carbocycles. The summed E-state index contributed by atoms with van der Waals surface area (Å²) in [7, 11) is 0. The number of fused-ring (bicyclic) bond motifs is 1. The van der Waals surface area contributed by atoms with Crippen LogP contribution in [0.5, 0.6) is 17.2 Å². The molecular weight excluding hydrogens is 496 g/mol. The number of carbonyl (C=O) groups excluding carboxylic acids is 4. The molecule has 0 spiro atoms. The SMILES string of the molecule is CCOC1(C)Oc2cccc(O[C@@H]3O[C@H](COC(C)=O)[C@H](OC(C)=O)[C@H](OC(C)=O)[C@H]3OC(C)=O)c2O1. The number of hydrogen-bond acceptors (Lipinski definition) is 13. The third kappa shape index (κ3) is 7.01. The second kappa shape index (κ2) is 11.6. The summed E-state index contributed by atoms with van der Waals surface area (Å²) < 4.78 is 50.4. The van der Waals surface area contributed by atoms with Crippen molar-refractivity contribution in [3.8, 4) is 17.2 Å². The van der Waals surface area contributed by atoms with Gasteiger partial charge in [0, 0.05) is 34.6 Å². The van der Waals surface area contributed by atoms with Crippen LogP contribution in [0.3, 0.4) is 0 Å². The van der Waals surface area contributed by atoms with Gasteiger partial charge in [0.2, 0.25) is 18.1 Å². The molecule has 6 atom stereocenters. The number of para-hydroxylation sites is 1. The highest BCUT2D eigenvalue weighted by molar-refractivity contribution is 5.68. The largest absolute Gasteiger partial charge is 0.463 e. The minimum Gasteiger partial charge on any atom is -0.463 e. The monoisotopic (exact) mass is 526 g/mol. The fourth-order valence-electron chi connectivity index (χ4n) is 3.91. The van der Waals surface area contributed by atoms with Crippen LogP contribution in [0.2, 0.25) is 0 Å². The zero-order chi connectivity index (χ0) is 27.3. The predicted molar refractivity (Wildman–Crippen MR) is 120 cm³/mol. The third-order valence-corrected chi connectivity index (χ3v) is 5.12. The van der Waals surface area contributed by atoms with Crippen molar-refractivity contribution in [3.05, 3.63) is 18.2 Å². The highest BCUT2D eigenvalue weighted by Gasteiger charge is 2.54. The highest BCUT2D eigenvalue weighted by Crippen LogP contribution is 2.47. The summed E-state index contributed by atoms with van der Waals surface area (Å²) >= 11 is 0. The maximum Gasteiger partial charge on any atom is 0.369 e. The van der Waals surface area contributed by atoms with Gasteiger partial charge in [-0.05, 0) is 19.1 Å². The van der Waals surface area contributed by atoms with Gasteiger partial charge in [-0.3, -0.25) is 19.2 Å². The van der Waals surface area contributed by atoms with Gasteiger partial charge in [0.15, 0.2) is 23.7 Å². The summed E-state index contributed by atoms with van der Waals surface area (Å²) in [5.74, 6) is -3.64. The molecule has 0 radical (unpaired) electrons. The van der Waals surface area contributed by atoms with E-state index in [4.69, 9.17) is 42.6 Å². The Morgan fingerprint density at radius 2 is 1.49 bits per heavy atom. The molecule has 13 heteroatoms. The van der Waals surface area contributed by atoms with Gasteiger partial charge in [0.1, 0.15) is 12.7 Å². The smallest absolute Gasteiger partial charge is 0.369 e. The van der Waals surface area contributed by atoms with E-state index in [2.05, 4.69) is 0 Å². The van der Waals surface area contributed by atoms with Crippen LogP contribution in [0, 0.1) is 0 Å². The number of benzene rings is 1. The van der Waals surface area contributed by atoms with Crippen molar-refractivity contribution in [3.63, 3.8) is 0 Å². The van der Waals surface area contributed by atoms with E-state index in [0.29, 0.717) is 12.4 Å². The van der Waals surface area contributed by atoms with Crippen molar-refractivity contribution >= 4 is 23.9 Å². The van der Waals surface area contributed by atoms with E-state index in [1.54, 1.807) is 32.0 Å². The number of hydrogen-bond donors (Lipinski definition) is 0. The Morgan fingerprint density at radius 3 is 2.08 bits per heavy atom. The molecule has 1 aromatic rings. The number of carbonyl (C=O) groups is 4. The van der Waals surface area contributed by atoms with Crippen molar-refractivity contribution < 1.29 is 61.8 Å². The number of rotatable bonds is 9. The summed E-state index contributed by atoms with van der Waals surface area (Å²) in [6, 6.07) is 4.81. The van der Waals surface area contributed by atoms with Gasteiger partial charge in [0.25, 0.3) is 0 Å². The average molecular weight is 526 g/mol. The maximum absolute atomic E-state index is 12.0. The first-order valence-corrected chi connectivity index (χ1v) is 11.5.